The van der Waals surface area contributed by atoms with Crippen LogP contribution in [0.2, 0.25) is 0 Å². The van der Waals surface area contributed by atoms with Crippen LogP contribution in [0.25, 0.3) is 22.6 Å². The van der Waals surface area contributed by atoms with Gasteiger partial charge in [-0.25, -0.2) is 14.8 Å². The molecule has 3 rings (SSSR count). The molecular weight excluding hydrogens is 326 g/mol. The lowest BCUT2D eigenvalue weighted by Crippen LogP contribution is -2.38. The summed E-state index contributed by atoms with van der Waals surface area (Å²) in [5.74, 6) is 1.44. The van der Waals surface area contributed by atoms with E-state index in [1.165, 1.54) is 0 Å². The van der Waals surface area contributed by atoms with Crippen molar-refractivity contribution in [1.82, 2.24) is 25.2 Å². The van der Waals surface area contributed by atoms with Crippen LogP contribution in [0.5, 0.6) is 0 Å². The van der Waals surface area contributed by atoms with Crippen LogP contribution in [0.4, 0.5) is 4.79 Å². The summed E-state index contributed by atoms with van der Waals surface area (Å²) in [4.78, 5) is 21.1. The highest BCUT2D eigenvalue weighted by Gasteiger charge is 2.13. The van der Waals surface area contributed by atoms with Crippen molar-refractivity contribution in [3.8, 4) is 11.4 Å². The number of amides is 2. The molecule has 2 heterocycles. The van der Waals surface area contributed by atoms with Crippen molar-refractivity contribution in [2.45, 2.75) is 26.8 Å². The van der Waals surface area contributed by atoms with Crippen LogP contribution in [0, 0.1) is 5.92 Å². The van der Waals surface area contributed by atoms with E-state index < -0.39 is 0 Å². The lowest BCUT2D eigenvalue weighted by atomic mass is 10.1. The van der Waals surface area contributed by atoms with Crippen molar-refractivity contribution in [3.05, 3.63) is 48.7 Å². The normalized spacial score (nSPS) is 11.0. The monoisotopic (exact) mass is 351 g/mol. The number of nitrogens with one attached hydrogen (secondary N) is 2. The Kier molecular flexibility index (Phi) is 5.84. The van der Waals surface area contributed by atoms with E-state index in [9.17, 15) is 4.79 Å². The van der Waals surface area contributed by atoms with Crippen LogP contribution in [-0.4, -0.2) is 33.7 Å². The molecule has 0 bridgehead atoms. The van der Waals surface area contributed by atoms with Crippen LogP contribution in [0.15, 0.2) is 48.7 Å². The first-order chi connectivity index (χ1) is 12.6. The Morgan fingerprint density at radius 3 is 2.62 bits per heavy atom. The topological polar surface area (TPSA) is 71.8 Å². The Labute approximate surface area is 153 Å². The van der Waals surface area contributed by atoms with E-state index in [-0.39, 0.29) is 6.03 Å². The van der Waals surface area contributed by atoms with Crippen LogP contribution in [0.3, 0.4) is 0 Å². The minimum absolute atomic E-state index is 0.135. The summed E-state index contributed by atoms with van der Waals surface area (Å²) >= 11 is 0. The van der Waals surface area contributed by atoms with Gasteiger partial charge in [0, 0.05) is 31.4 Å². The molecule has 26 heavy (non-hydrogen) atoms. The van der Waals surface area contributed by atoms with Gasteiger partial charge in [-0.3, -0.25) is 0 Å². The molecule has 3 aromatic rings. The fraction of sp³-hybridized carbons (Fsp3) is 0.350. The second-order valence-corrected chi connectivity index (χ2v) is 6.66. The number of carbonyl (C=O) groups is 1. The Morgan fingerprint density at radius 2 is 1.85 bits per heavy atom. The van der Waals surface area contributed by atoms with E-state index in [0.717, 1.165) is 29.0 Å². The van der Waals surface area contributed by atoms with Crippen LogP contribution >= 0.6 is 0 Å². The molecule has 0 aliphatic heterocycles. The molecule has 2 N–H and O–H groups in total. The highest BCUT2D eigenvalue weighted by molar-refractivity contribution is 5.77. The van der Waals surface area contributed by atoms with Crippen LogP contribution < -0.4 is 10.6 Å². The summed E-state index contributed by atoms with van der Waals surface area (Å²) in [6, 6.07) is 13.7. The standard InChI is InChI=1S/C20H25N5O/c1-15(2)10-12-22-20(26)23-13-14-25-18(16-7-4-3-5-8-16)24-17-9-6-11-21-19(17)25/h3-9,11,15H,10,12-14H2,1-2H3,(H2,22,23,26). The largest absolute Gasteiger partial charge is 0.338 e. The molecule has 2 aromatic heterocycles. The smallest absolute Gasteiger partial charge is 0.314 e. The lowest BCUT2D eigenvalue weighted by Gasteiger charge is -2.11. The molecule has 0 aliphatic carbocycles. The minimum atomic E-state index is -0.135. The molecule has 0 unspecified atom stereocenters. The van der Waals surface area contributed by atoms with Gasteiger partial charge >= 0.3 is 6.03 Å². The highest BCUT2D eigenvalue weighted by atomic mass is 16.2. The van der Waals surface area contributed by atoms with Gasteiger partial charge < -0.3 is 15.2 Å². The predicted octanol–water partition coefficient (Wildman–Crippen LogP) is 3.44. The van der Waals surface area contributed by atoms with Crippen LogP contribution in [0.1, 0.15) is 20.3 Å². The summed E-state index contributed by atoms with van der Waals surface area (Å²) in [6.07, 6.45) is 2.74. The number of pyridine rings is 1. The number of urea groups is 1. The SMILES string of the molecule is CC(C)CCNC(=O)NCCn1c(-c2ccccc2)nc2cccnc21. The molecule has 2 amide bonds. The van der Waals surface area contributed by atoms with Gasteiger partial charge in [-0.15, -0.1) is 0 Å². The molecule has 0 atom stereocenters. The summed E-state index contributed by atoms with van der Waals surface area (Å²) in [6.45, 7) is 6.09. The third kappa shape index (κ3) is 4.39. The third-order valence-electron chi connectivity index (χ3n) is 4.16. The van der Waals surface area contributed by atoms with E-state index >= 15 is 0 Å². The van der Waals surface area contributed by atoms with Gasteiger partial charge in [0.25, 0.3) is 0 Å². The maximum Gasteiger partial charge on any atom is 0.314 e. The van der Waals surface area contributed by atoms with Crippen molar-refractivity contribution in [1.29, 1.82) is 0 Å². The van der Waals surface area contributed by atoms with Gasteiger partial charge in [-0.05, 0) is 24.5 Å². The maximum atomic E-state index is 11.9. The van der Waals surface area contributed by atoms with E-state index in [2.05, 4.69) is 34.0 Å². The number of hydrogen-bond donors (Lipinski definition) is 2. The van der Waals surface area contributed by atoms with Crippen molar-refractivity contribution in [3.63, 3.8) is 0 Å². The number of imidazole rings is 1. The Bertz CT molecular complexity index is 857. The Morgan fingerprint density at radius 1 is 1.08 bits per heavy atom. The zero-order valence-electron chi connectivity index (χ0n) is 15.3. The lowest BCUT2D eigenvalue weighted by molar-refractivity contribution is 0.240. The first kappa shape index (κ1) is 17.9. The maximum absolute atomic E-state index is 11.9. The molecule has 6 nitrogen and oxygen atoms in total. The second-order valence-electron chi connectivity index (χ2n) is 6.66. The van der Waals surface area contributed by atoms with Gasteiger partial charge in [0.05, 0.1) is 0 Å². The fourth-order valence-electron chi connectivity index (χ4n) is 2.80. The number of fused-ring (bicyclic) bond motifs is 1. The number of rotatable bonds is 7. The van der Waals surface area contributed by atoms with Gasteiger partial charge in [-0.2, -0.15) is 0 Å². The quantitative estimate of drug-likeness (QED) is 0.685. The van der Waals surface area contributed by atoms with Gasteiger partial charge in [-0.1, -0.05) is 44.2 Å². The van der Waals surface area contributed by atoms with Gasteiger partial charge in [0.1, 0.15) is 11.3 Å². The molecule has 0 saturated heterocycles. The number of carbonyl (C=O) groups excluding carboxylic acids is 1. The Hall–Kier alpha value is -2.89. The average Bonchev–Trinajstić information content (AvgIpc) is 3.01. The van der Waals surface area contributed by atoms with Gasteiger partial charge in [0.2, 0.25) is 0 Å². The number of benzene rings is 1. The molecule has 6 heteroatoms. The average molecular weight is 351 g/mol. The summed E-state index contributed by atoms with van der Waals surface area (Å²) in [5, 5.41) is 5.80. The minimum Gasteiger partial charge on any atom is -0.338 e. The zero-order chi connectivity index (χ0) is 18.4. The first-order valence-corrected chi connectivity index (χ1v) is 9.03. The number of nitrogens with zero attached hydrogens (tertiary/aromatic N) is 3. The molecule has 0 aliphatic rings. The highest BCUT2D eigenvalue weighted by Crippen LogP contribution is 2.23. The molecular formula is C20H25N5O. The molecule has 0 fully saturated rings. The van der Waals surface area contributed by atoms with Crippen LogP contribution in [-0.2, 0) is 6.54 Å². The molecule has 0 saturated carbocycles. The van der Waals surface area contributed by atoms with Crippen molar-refractivity contribution in [2.24, 2.45) is 5.92 Å². The summed E-state index contributed by atoms with van der Waals surface area (Å²) in [7, 11) is 0. The fourth-order valence-corrected chi connectivity index (χ4v) is 2.80. The number of aromatic nitrogens is 3. The zero-order valence-corrected chi connectivity index (χ0v) is 15.3. The third-order valence-corrected chi connectivity index (χ3v) is 4.16. The van der Waals surface area contributed by atoms with Crippen molar-refractivity contribution >= 4 is 17.2 Å². The van der Waals surface area contributed by atoms with E-state index in [0.29, 0.717) is 25.6 Å². The molecule has 0 spiro atoms. The first-order valence-electron chi connectivity index (χ1n) is 9.03. The summed E-state index contributed by atoms with van der Waals surface area (Å²) in [5.41, 5.74) is 2.72. The van der Waals surface area contributed by atoms with E-state index in [1.54, 1.807) is 6.20 Å². The van der Waals surface area contributed by atoms with Crippen molar-refractivity contribution in [2.75, 3.05) is 13.1 Å². The van der Waals surface area contributed by atoms with Gasteiger partial charge in [0.15, 0.2) is 5.65 Å². The van der Waals surface area contributed by atoms with E-state index in [4.69, 9.17) is 4.98 Å². The Balaban J connectivity index is 1.70. The number of hydrogen-bond acceptors (Lipinski definition) is 3. The van der Waals surface area contributed by atoms with E-state index in [1.807, 2.05) is 42.5 Å². The molecule has 0 radical (unpaired) electrons. The second kappa shape index (κ2) is 8.47. The predicted molar refractivity (Wildman–Crippen MR) is 104 cm³/mol. The molecule has 1 aromatic carbocycles. The van der Waals surface area contributed by atoms with Crippen molar-refractivity contribution < 1.29 is 4.79 Å². The summed E-state index contributed by atoms with van der Waals surface area (Å²) < 4.78 is 2.05. The molecule has 136 valence electrons.